The smallest absolute Gasteiger partial charge is 0.339 e. The average molecular weight is 1330 g/mol. The van der Waals surface area contributed by atoms with Gasteiger partial charge in [-0.3, -0.25) is 18.9 Å². The van der Waals surface area contributed by atoms with E-state index < -0.39 is 5.20 Å². The van der Waals surface area contributed by atoms with Crippen LogP contribution in [-0.2, 0) is 20.5 Å². The first-order valence-corrected chi connectivity index (χ1v) is 31.6. The number of ether oxygens (including phenoxy) is 7. The Kier molecular flexibility index (Phi) is 29.0. The van der Waals surface area contributed by atoms with Crippen LogP contribution in [0.4, 0.5) is 5.82 Å². The highest BCUT2D eigenvalue weighted by molar-refractivity contribution is 8.24. The fourth-order valence-corrected chi connectivity index (χ4v) is 8.47. The van der Waals surface area contributed by atoms with E-state index in [1.54, 1.807) is 69.1 Å². The zero-order valence-electron chi connectivity index (χ0n) is 43.7. The van der Waals surface area contributed by atoms with Gasteiger partial charge in [0.05, 0.1) is 76.8 Å². The van der Waals surface area contributed by atoms with Crippen LogP contribution in [0.2, 0.25) is 20.2 Å². The van der Waals surface area contributed by atoms with Gasteiger partial charge in [0.1, 0.15) is 51.1 Å². The fourth-order valence-electron chi connectivity index (χ4n) is 6.39. The van der Waals surface area contributed by atoms with Crippen LogP contribution in [0.25, 0.3) is 44.3 Å². The second-order valence-electron chi connectivity index (χ2n) is 14.9. The second kappa shape index (κ2) is 33.6. The Labute approximate surface area is 513 Å². The number of methoxy groups -OCH3 is 7. The van der Waals surface area contributed by atoms with Crippen LogP contribution in [0.5, 0.6) is 34.5 Å². The van der Waals surface area contributed by atoms with E-state index in [4.69, 9.17) is 80.6 Å². The number of hydrogen-bond donors (Lipinski definition) is 2. The molecule has 81 heavy (non-hydrogen) atoms. The summed E-state index contributed by atoms with van der Waals surface area (Å²) in [7, 11) is 10.5. The van der Waals surface area contributed by atoms with Gasteiger partial charge < -0.3 is 43.9 Å². The maximum Gasteiger partial charge on any atom is 0.339 e. The summed E-state index contributed by atoms with van der Waals surface area (Å²) in [6, 6.07) is 13.8. The van der Waals surface area contributed by atoms with Crippen molar-refractivity contribution in [2.75, 3.05) is 74.3 Å². The van der Waals surface area contributed by atoms with Gasteiger partial charge in [0.15, 0.2) is 27.4 Å². The highest BCUT2D eigenvalue weighted by Crippen LogP contribution is 2.61. The van der Waals surface area contributed by atoms with Crippen LogP contribution in [0, 0.1) is 0 Å². The Balaban J connectivity index is 0.000000284. The molecule has 0 saturated carbocycles. The molecule has 5 aromatic heterocycles. The van der Waals surface area contributed by atoms with Crippen molar-refractivity contribution in [2.45, 2.75) is 29.3 Å². The molecule has 20 nitrogen and oxygen atoms in total. The molecule has 8 rings (SSSR count). The number of rotatable bonds is 14. The highest BCUT2D eigenvalue weighted by atomic mass is 36.0. The third-order valence-electron chi connectivity index (χ3n) is 10.2. The molecular weight excluding hydrogens is 1280 g/mol. The number of carbonyl (C=O) groups excluding carboxylic acids is 2. The highest BCUT2D eigenvalue weighted by Gasteiger charge is 2.19. The van der Waals surface area contributed by atoms with Crippen molar-refractivity contribution in [3.05, 3.63) is 109 Å². The van der Waals surface area contributed by atoms with Gasteiger partial charge in [-0.05, 0) is 88.4 Å². The Morgan fingerprint density at radius 2 is 1.05 bits per heavy atom. The first kappa shape index (κ1) is 69.8. The molecule has 0 spiro atoms. The van der Waals surface area contributed by atoms with Crippen LogP contribution >= 0.6 is 121 Å². The Hall–Kier alpha value is -5.43. The Bertz CT molecular complexity index is 3590. The molecule has 434 valence electrons. The van der Waals surface area contributed by atoms with E-state index in [1.165, 1.54) is 77.0 Å². The molecule has 0 atom stereocenters. The average Bonchev–Trinajstić information content (AvgIpc) is 3.50. The molecule has 0 bridgehead atoms. The van der Waals surface area contributed by atoms with Crippen molar-refractivity contribution < 1.29 is 47.3 Å². The minimum Gasteiger partial charge on any atom is -0.497 e. The minimum absolute atomic E-state index is 0. The molecule has 0 aliphatic carbocycles. The molecule has 0 aliphatic heterocycles. The van der Waals surface area contributed by atoms with Crippen LogP contribution in [0.3, 0.4) is 0 Å². The number of hydrogen-bond acceptors (Lipinski definition) is 22. The monoisotopic (exact) mass is 1330 g/mol. The van der Waals surface area contributed by atoms with Gasteiger partial charge in [-0.2, -0.15) is 0 Å². The molecule has 8 aromatic rings. The lowest BCUT2D eigenvalue weighted by atomic mass is 10.1. The van der Waals surface area contributed by atoms with Crippen molar-refractivity contribution in [1.82, 2.24) is 39.9 Å². The number of nitrogens with two attached hydrogens (primary N) is 1. The van der Waals surface area contributed by atoms with E-state index in [1.807, 2.05) is 24.8 Å². The third kappa shape index (κ3) is 20.2. The molecule has 0 unspecified atom stereocenters. The second-order valence-corrected chi connectivity index (χ2v) is 25.4. The van der Waals surface area contributed by atoms with Crippen molar-refractivity contribution >= 4 is 161 Å². The van der Waals surface area contributed by atoms with Crippen LogP contribution in [0.1, 0.15) is 23.3 Å². The summed E-state index contributed by atoms with van der Waals surface area (Å²) in [6.07, 6.45) is 11.1. The largest absolute Gasteiger partial charge is 0.497 e. The SMILES string of the molecule is C.COC(=O)Cc1cc(OC)cc(OC)c1Cl.COc1cc(OC)c(Cl)c(-c2cc3cnc(SC)nc3[nH]c2=O)c1.COc1cc(OC)c(Cl)c(-c2cc3cnc(SC)nc3nc2Cl)c1.CSc1ncc(C=O)c(N)n1.O=P(Cl)(Cl)Cl. The maximum atomic E-state index is 12.5. The topological polar surface area (TPSA) is 265 Å². The molecule has 0 aliphatic rings. The minimum atomic E-state index is -3.22. The standard InChI is InChI=1S/C16H13Cl2N3O2S.C16H14ClN3O3S.C11H13ClO4.C6H7N3OS.CH4.Cl3OP/c1-22-9-5-10(13(17)12(6-9)23-2)11-4-8-7-19-16(24-3)21-15(8)20-14(11)18;1-22-9-5-10(13(17)12(6-9)23-2)11-4-8-7-18-16(24-3)20-14(8)19-15(11)21;1-14-8-4-7(5-10(13)16-3)11(12)9(6-8)15-2;1-11-6-8-2-4(3-10)5(7)9-6;;1-5(2,3)4/h4-7H,1-3H3;4-7H,1-3H3,(H,18,19,20,21);4,6H,5H2,1-3H3;2-3H,1H3,(H2,7,8,9);1H4;. The zero-order valence-corrected chi connectivity index (χ0v) is 52.3. The number of halogens is 7. The first-order valence-electron chi connectivity index (χ1n) is 22.0. The predicted octanol–water partition coefficient (Wildman–Crippen LogP) is 14.2. The first-order chi connectivity index (χ1) is 38.0. The quantitative estimate of drug-likeness (QED) is 0.0256. The normalized spacial score (nSPS) is 10.4. The number of fused-ring (bicyclic) bond motifs is 2. The van der Waals surface area contributed by atoms with E-state index in [2.05, 4.69) is 78.3 Å². The molecule has 31 heteroatoms. The summed E-state index contributed by atoms with van der Waals surface area (Å²) in [5.41, 5.74) is 9.32. The molecule has 0 radical (unpaired) electrons. The number of carbonyl (C=O) groups is 2. The number of nitrogens with zero attached hydrogens (tertiary/aromatic N) is 7. The Morgan fingerprint density at radius 3 is 1.52 bits per heavy atom. The number of nitrogens with one attached hydrogen (secondary N) is 1. The number of esters is 1. The van der Waals surface area contributed by atoms with Crippen LogP contribution < -0.4 is 39.7 Å². The number of aromatic nitrogens is 8. The molecule has 3 N–H and O–H groups in total. The van der Waals surface area contributed by atoms with Gasteiger partial charge in [0.2, 0.25) is 0 Å². The van der Waals surface area contributed by atoms with Gasteiger partial charge >= 0.3 is 11.2 Å². The molecule has 3 aromatic carbocycles. The van der Waals surface area contributed by atoms with Crippen LogP contribution in [-0.4, -0.2) is 121 Å². The number of benzene rings is 3. The molecule has 0 fully saturated rings. The summed E-state index contributed by atoms with van der Waals surface area (Å²) in [6.45, 7) is 0. The number of anilines is 1. The van der Waals surface area contributed by atoms with Crippen molar-refractivity contribution in [2.24, 2.45) is 0 Å². The predicted molar refractivity (Wildman–Crippen MR) is 329 cm³/mol. The van der Waals surface area contributed by atoms with Gasteiger partial charge in [-0.25, -0.2) is 34.9 Å². The molecular formula is C50H51Cl7N9O11PS3. The summed E-state index contributed by atoms with van der Waals surface area (Å²) in [5.74, 6) is 3.00. The number of pyridine rings is 2. The lowest BCUT2D eigenvalue weighted by molar-refractivity contribution is -0.139. The zero-order chi connectivity index (χ0) is 59.4. The summed E-state index contributed by atoms with van der Waals surface area (Å²) >= 11 is 43.3. The van der Waals surface area contributed by atoms with Crippen molar-refractivity contribution in [3.63, 3.8) is 0 Å². The van der Waals surface area contributed by atoms with Gasteiger partial charge in [0, 0.05) is 69.8 Å². The number of nitrogen functional groups attached to an aromatic ring is 1. The number of aldehydes is 1. The Morgan fingerprint density at radius 1 is 0.605 bits per heavy atom. The third-order valence-corrected chi connectivity index (χ3v) is 13.4. The van der Waals surface area contributed by atoms with E-state index >= 15 is 0 Å². The fraction of sp³-hybridized carbons (Fsp3) is 0.240. The summed E-state index contributed by atoms with van der Waals surface area (Å²) < 4.78 is 45.4. The van der Waals surface area contributed by atoms with E-state index in [9.17, 15) is 18.9 Å². The molecule has 0 amide bonds. The van der Waals surface area contributed by atoms with E-state index in [0.29, 0.717) is 127 Å². The maximum absolute atomic E-state index is 12.5. The van der Waals surface area contributed by atoms with Gasteiger partial charge in [0.25, 0.3) is 5.56 Å². The number of H-pyrrole nitrogens is 1. The van der Waals surface area contributed by atoms with E-state index in [0.717, 1.165) is 5.39 Å². The lowest BCUT2D eigenvalue weighted by Gasteiger charge is -2.13. The van der Waals surface area contributed by atoms with E-state index in [-0.39, 0.29) is 31.2 Å². The number of thioether (sulfide) groups is 3. The van der Waals surface area contributed by atoms with Crippen molar-refractivity contribution in [3.8, 4) is 56.8 Å². The lowest BCUT2D eigenvalue weighted by Crippen LogP contribution is -2.10. The van der Waals surface area contributed by atoms with Gasteiger partial charge in [-0.1, -0.05) is 89.1 Å². The van der Waals surface area contributed by atoms with Gasteiger partial charge in [-0.15, -0.1) is 0 Å². The molecule has 0 saturated heterocycles. The number of aromatic amines is 1. The summed E-state index contributed by atoms with van der Waals surface area (Å²) in [5, 5.41) is 1.53. The summed E-state index contributed by atoms with van der Waals surface area (Å²) in [4.78, 5) is 66.0. The van der Waals surface area contributed by atoms with Crippen molar-refractivity contribution in [1.29, 1.82) is 0 Å². The van der Waals surface area contributed by atoms with Crippen LogP contribution in [0.15, 0.2) is 87.4 Å². The molecule has 5 heterocycles.